The van der Waals surface area contributed by atoms with Gasteiger partial charge in [0.1, 0.15) is 18.0 Å². The van der Waals surface area contributed by atoms with Crippen molar-refractivity contribution in [1.29, 1.82) is 0 Å². The van der Waals surface area contributed by atoms with Gasteiger partial charge in [0.05, 0.1) is 24.3 Å². The van der Waals surface area contributed by atoms with Crippen LogP contribution in [0.3, 0.4) is 0 Å². The van der Waals surface area contributed by atoms with Gasteiger partial charge in [-0.15, -0.1) is 0 Å². The summed E-state index contributed by atoms with van der Waals surface area (Å²) in [6.07, 6.45) is -2.76. The van der Waals surface area contributed by atoms with Gasteiger partial charge in [0.2, 0.25) is 0 Å². The number of phenols is 1. The van der Waals surface area contributed by atoms with Crippen LogP contribution in [0.2, 0.25) is 0 Å². The fourth-order valence-corrected chi connectivity index (χ4v) is 4.36. The van der Waals surface area contributed by atoms with E-state index in [0.29, 0.717) is 6.42 Å². The summed E-state index contributed by atoms with van der Waals surface area (Å²) in [6, 6.07) is 23.8. The maximum Gasteiger partial charge on any atom is 0.407 e. The number of hydrogen-bond acceptors (Lipinski definition) is 8. The molecule has 4 atom stereocenters. The van der Waals surface area contributed by atoms with Crippen molar-refractivity contribution in [2.75, 3.05) is 13.1 Å². The molecule has 3 aromatic rings. The fraction of sp³-hybridized carbons (Fsp3) is 0.394. The monoisotopic (exact) mass is 593 g/mol. The molecule has 0 spiro atoms. The minimum absolute atomic E-state index is 0.0310. The van der Waals surface area contributed by atoms with Crippen molar-refractivity contribution in [2.45, 2.75) is 70.1 Å². The third-order valence-corrected chi connectivity index (χ3v) is 6.54. The van der Waals surface area contributed by atoms with Crippen molar-refractivity contribution < 1.29 is 34.4 Å². The topological polar surface area (TPSA) is 149 Å². The molecule has 0 bridgehead atoms. The fourth-order valence-electron chi connectivity index (χ4n) is 4.36. The number of ether oxygens (including phenoxy) is 2. The van der Waals surface area contributed by atoms with Crippen molar-refractivity contribution in [3.63, 3.8) is 0 Å². The number of phenolic OH excluding ortho intramolecular Hbond substituents is 1. The highest BCUT2D eigenvalue weighted by atomic mass is 16.6. The molecule has 0 saturated carbocycles. The van der Waals surface area contributed by atoms with Crippen LogP contribution in [-0.2, 0) is 28.9 Å². The molecule has 3 aromatic carbocycles. The van der Waals surface area contributed by atoms with Gasteiger partial charge in [-0.25, -0.2) is 9.59 Å². The van der Waals surface area contributed by atoms with E-state index in [1.54, 1.807) is 32.9 Å². The maximum atomic E-state index is 12.6. The first-order valence-electron chi connectivity index (χ1n) is 14.3. The molecular weight excluding hydrogens is 550 g/mol. The van der Waals surface area contributed by atoms with E-state index in [2.05, 4.69) is 16.0 Å². The molecule has 6 N–H and O–H groups in total. The predicted molar refractivity (Wildman–Crippen MR) is 164 cm³/mol. The zero-order valence-electron chi connectivity index (χ0n) is 24.9. The number of aromatic hydroxyl groups is 1. The molecule has 10 nitrogen and oxygen atoms in total. The number of benzene rings is 3. The van der Waals surface area contributed by atoms with Gasteiger partial charge in [-0.05, 0) is 62.4 Å². The number of hydrogen-bond donors (Lipinski definition) is 6. The molecule has 0 aliphatic heterocycles. The Morgan fingerprint density at radius 1 is 0.698 bits per heavy atom. The molecule has 3 rings (SSSR count). The zero-order valence-corrected chi connectivity index (χ0v) is 24.9. The van der Waals surface area contributed by atoms with E-state index in [4.69, 9.17) is 9.47 Å². The molecule has 43 heavy (non-hydrogen) atoms. The van der Waals surface area contributed by atoms with E-state index in [9.17, 15) is 24.9 Å². The third kappa shape index (κ3) is 12.7. The van der Waals surface area contributed by atoms with Gasteiger partial charge in [0.25, 0.3) is 0 Å². The predicted octanol–water partition coefficient (Wildman–Crippen LogP) is 3.68. The lowest BCUT2D eigenvalue weighted by Crippen LogP contribution is -2.52. The number of amides is 2. The number of aliphatic hydroxyl groups is 2. The normalized spacial score (nSPS) is 14.2. The molecule has 0 unspecified atom stereocenters. The minimum Gasteiger partial charge on any atom is -0.508 e. The molecule has 0 radical (unpaired) electrons. The molecule has 0 aliphatic carbocycles. The summed E-state index contributed by atoms with van der Waals surface area (Å²) in [5.41, 5.74) is 1.84. The van der Waals surface area contributed by atoms with E-state index < -0.39 is 42.1 Å². The van der Waals surface area contributed by atoms with Crippen LogP contribution in [0.5, 0.6) is 5.75 Å². The Morgan fingerprint density at radius 3 is 1.67 bits per heavy atom. The summed E-state index contributed by atoms with van der Waals surface area (Å²) in [4.78, 5) is 25.1. The first kappa shape index (κ1) is 33.4. The van der Waals surface area contributed by atoms with Crippen molar-refractivity contribution in [3.8, 4) is 5.75 Å². The van der Waals surface area contributed by atoms with Gasteiger partial charge in [0, 0.05) is 13.1 Å². The summed E-state index contributed by atoms with van der Waals surface area (Å²) in [7, 11) is 0. The summed E-state index contributed by atoms with van der Waals surface area (Å²) in [5.74, 6) is 0.108. The lowest BCUT2D eigenvalue weighted by Gasteiger charge is -2.28. The highest BCUT2D eigenvalue weighted by Crippen LogP contribution is 2.14. The first-order valence-corrected chi connectivity index (χ1v) is 14.3. The average molecular weight is 594 g/mol. The number of aliphatic hydroxyl groups excluding tert-OH is 2. The van der Waals surface area contributed by atoms with E-state index in [1.165, 1.54) is 12.1 Å². The molecule has 0 heterocycles. The second-order valence-corrected chi connectivity index (χ2v) is 11.4. The zero-order chi connectivity index (χ0) is 31.2. The van der Waals surface area contributed by atoms with Crippen molar-refractivity contribution in [3.05, 3.63) is 102 Å². The van der Waals surface area contributed by atoms with Crippen molar-refractivity contribution >= 4 is 12.2 Å². The SMILES string of the molecule is CC(C)(C)OC(=O)N[C@@H](Cc1ccccc1)[C@H](O)CNC[C@@H](O)[C@H](Cc1ccc(O)cc1)NC(=O)OCc1ccccc1. The van der Waals surface area contributed by atoms with E-state index in [-0.39, 0.29) is 31.9 Å². The molecule has 0 aliphatic rings. The van der Waals surface area contributed by atoms with Crippen LogP contribution in [0.1, 0.15) is 37.5 Å². The van der Waals surface area contributed by atoms with E-state index >= 15 is 0 Å². The van der Waals surface area contributed by atoms with Gasteiger partial charge in [0.15, 0.2) is 0 Å². The number of carbonyl (C=O) groups is 2. The van der Waals surface area contributed by atoms with Crippen LogP contribution in [0.15, 0.2) is 84.9 Å². The minimum atomic E-state index is -1.06. The molecular formula is C33H43N3O7. The van der Waals surface area contributed by atoms with Crippen molar-refractivity contribution in [1.82, 2.24) is 16.0 Å². The first-order chi connectivity index (χ1) is 20.5. The van der Waals surface area contributed by atoms with E-state index in [0.717, 1.165) is 16.7 Å². The van der Waals surface area contributed by atoms with Gasteiger partial charge in [-0.3, -0.25) is 0 Å². The van der Waals surface area contributed by atoms with Gasteiger partial charge >= 0.3 is 12.2 Å². The second-order valence-electron chi connectivity index (χ2n) is 11.4. The van der Waals surface area contributed by atoms with Crippen LogP contribution in [-0.4, -0.2) is 70.5 Å². The summed E-state index contributed by atoms with van der Waals surface area (Å²) in [5, 5.41) is 40.3. The van der Waals surface area contributed by atoms with Crippen LogP contribution in [0, 0.1) is 0 Å². The van der Waals surface area contributed by atoms with Gasteiger partial charge < -0.3 is 40.7 Å². The lowest BCUT2D eigenvalue weighted by molar-refractivity contribution is 0.0416. The number of carbonyl (C=O) groups excluding carboxylic acids is 2. The standard InChI is InChI=1S/C33H43N3O7/c1-33(2,3)43-32(41)36-28(18-23-10-6-4-7-11-23)30(39)21-34-20-29(38)27(19-24-14-16-26(37)17-15-24)35-31(40)42-22-25-12-8-5-9-13-25/h4-17,27-30,34,37-39H,18-22H2,1-3H3,(H,35,40)(H,36,41)/t27-,28-,29+,30+/m0/s1. The van der Waals surface area contributed by atoms with Crippen molar-refractivity contribution in [2.24, 2.45) is 0 Å². The Balaban J connectivity index is 1.61. The molecule has 232 valence electrons. The highest BCUT2D eigenvalue weighted by Gasteiger charge is 2.27. The van der Waals surface area contributed by atoms with Crippen LogP contribution < -0.4 is 16.0 Å². The summed E-state index contributed by atoms with van der Waals surface area (Å²) in [6.45, 7) is 5.44. The Morgan fingerprint density at radius 2 is 1.16 bits per heavy atom. The summed E-state index contributed by atoms with van der Waals surface area (Å²) < 4.78 is 10.7. The Bertz CT molecular complexity index is 1250. The van der Waals surface area contributed by atoms with Crippen LogP contribution in [0.25, 0.3) is 0 Å². The number of nitrogens with one attached hydrogen (secondary N) is 3. The Kier molecular flexibility index (Phi) is 12.8. The van der Waals surface area contributed by atoms with Crippen LogP contribution in [0.4, 0.5) is 9.59 Å². The molecule has 0 fully saturated rings. The van der Waals surface area contributed by atoms with Gasteiger partial charge in [-0.2, -0.15) is 0 Å². The molecule has 0 aromatic heterocycles. The summed E-state index contributed by atoms with van der Waals surface area (Å²) >= 11 is 0. The highest BCUT2D eigenvalue weighted by molar-refractivity contribution is 5.68. The molecule has 10 heteroatoms. The number of alkyl carbamates (subject to hydrolysis) is 2. The smallest absolute Gasteiger partial charge is 0.407 e. The van der Waals surface area contributed by atoms with E-state index in [1.807, 2.05) is 60.7 Å². The quantitative estimate of drug-likeness (QED) is 0.166. The lowest BCUT2D eigenvalue weighted by atomic mass is 10.00. The Labute approximate surface area is 253 Å². The Hall–Kier alpha value is -4.12. The van der Waals surface area contributed by atoms with Crippen LogP contribution >= 0.6 is 0 Å². The average Bonchev–Trinajstić information content (AvgIpc) is 2.96. The largest absolute Gasteiger partial charge is 0.508 e. The second kappa shape index (κ2) is 16.5. The number of rotatable bonds is 14. The van der Waals surface area contributed by atoms with Gasteiger partial charge in [-0.1, -0.05) is 72.8 Å². The third-order valence-electron chi connectivity index (χ3n) is 6.54. The molecule has 0 saturated heterocycles. The maximum absolute atomic E-state index is 12.6. The molecule has 2 amide bonds.